The number of ketones is 1. The number of hydrogen-bond acceptors (Lipinski definition) is 7. The third-order valence-electron chi connectivity index (χ3n) is 4.07. The lowest BCUT2D eigenvalue weighted by molar-refractivity contribution is -0.118. The average Bonchev–Trinajstić information content (AvgIpc) is 2.80. The van der Waals surface area contributed by atoms with Gasteiger partial charge in [0, 0.05) is 17.8 Å². The summed E-state index contributed by atoms with van der Waals surface area (Å²) in [7, 11) is -3.35. The molecule has 2 atom stereocenters. The zero-order valence-corrected chi connectivity index (χ0v) is 14.7. The number of carbonyl (C=O) groups excluding carboxylic acids is 2. The van der Waals surface area contributed by atoms with E-state index in [1.807, 2.05) is 0 Å². The van der Waals surface area contributed by atoms with Crippen molar-refractivity contribution in [2.75, 3.05) is 36.5 Å². The maximum atomic E-state index is 12.2. The Morgan fingerprint density at radius 3 is 2.36 bits per heavy atom. The highest BCUT2D eigenvalue weighted by Crippen LogP contribution is 2.18. The van der Waals surface area contributed by atoms with Gasteiger partial charge >= 0.3 is 0 Å². The first-order valence-electron chi connectivity index (χ1n) is 7.86. The van der Waals surface area contributed by atoms with E-state index in [1.165, 1.54) is 11.8 Å². The summed E-state index contributed by atoms with van der Waals surface area (Å²) in [5.41, 5.74) is 1.03. The van der Waals surface area contributed by atoms with Gasteiger partial charge in [0.05, 0.1) is 36.8 Å². The first-order chi connectivity index (χ1) is 11.7. The molecule has 2 unspecified atom stereocenters. The van der Waals surface area contributed by atoms with E-state index in [-0.39, 0.29) is 37.0 Å². The number of rotatable bonds is 7. The molecular formula is C16H22N2O6S. The molecule has 2 rings (SSSR count). The lowest BCUT2D eigenvalue weighted by Crippen LogP contribution is -2.47. The molecule has 0 spiro atoms. The van der Waals surface area contributed by atoms with Gasteiger partial charge in [-0.05, 0) is 31.2 Å². The maximum absolute atomic E-state index is 12.2. The standard InChI is InChI=1S/C16H22N2O6S/c1-11(20)12-2-4-13(5-3-12)17-16(22)8-18(6-7-19)14-9-25(23,24)10-15(14)21/h2-5,14-15,19,21H,6-10H2,1H3,(H,17,22). The topological polar surface area (TPSA) is 124 Å². The molecule has 1 aliphatic rings. The van der Waals surface area contributed by atoms with Crippen molar-refractivity contribution >= 4 is 27.2 Å². The second-order valence-electron chi connectivity index (χ2n) is 6.09. The molecule has 1 fully saturated rings. The molecule has 138 valence electrons. The van der Waals surface area contributed by atoms with Crippen molar-refractivity contribution in [3.8, 4) is 0 Å². The summed E-state index contributed by atoms with van der Waals surface area (Å²) in [5.74, 6) is -1.06. The van der Waals surface area contributed by atoms with E-state index < -0.39 is 27.9 Å². The van der Waals surface area contributed by atoms with E-state index in [1.54, 1.807) is 24.3 Å². The van der Waals surface area contributed by atoms with Gasteiger partial charge in [0.25, 0.3) is 0 Å². The lowest BCUT2D eigenvalue weighted by Gasteiger charge is -2.28. The molecule has 0 saturated carbocycles. The van der Waals surface area contributed by atoms with Crippen molar-refractivity contribution in [1.29, 1.82) is 0 Å². The molecule has 1 aromatic carbocycles. The van der Waals surface area contributed by atoms with Crippen LogP contribution in [0.25, 0.3) is 0 Å². The lowest BCUT2D eigenvalue weighted by atomic mass is 10.1. The summed E-state index contributed by atoms with van der Waals surface area (Å²) in [4.78, 5) is 24.9. The van der Waals surface area contributed by atoms with Crippen LogP contribution in [0.3, 0.4) is 0 Å². The van der Waals surface area contributed by atoms with E-state index in [4.69, 9.17) is 5.11 Å². The fourth-order valence-electron chi connectivity index (χ4n) is 2.82. The summed E-state index contributed by atoms with van der Waals surface area (Å²) in [6, 6.07) is 5.66. The molecule has 0 bridgehead atoms. The van der Waals surface area contributed by atoms with Crippen molar-refractivity contribution in [1.82, 2.24) is 4.90 Å². The Balaban J connectivity index is 2.01. The number of amides is 1. The number of aliphatic hydroxyl groups excluding tert-OH is 2. The predicted molar refractivity (Wildman–Crippen MR) is 92.2 cm³/mol. The van der Waals surface area contributed by atoms with Crippen molar-refractivity contribution < 1.29 is 28.2 Å². The van der Waals surface area contributed by atoms with Crippen molar-refractivity contribution in [3.63, 3.8) is 0 Å². The minimum atomic E-state index is -3.35. The summed E-state index contributed by atoms with van der Waals surface area (Å²) < 4.78 is 23.3. The van der Waals surface area contributed by atoms with Crippen LogP contribution in [0.15, 0.2) is 24.3 Å². The second-order valence-corrected chi connectivity index (χ2v) is 8.24. The second kappa shape index (κ2) is 8.05. The van der Waals surface area contributed by atoms with Crippen molar-refractivity contribution in [2.24, 2.45) is 0 Å². The zero-order chi connectivity index (χ0) is 18.6. The maximum Gasteiger partial charge on any atom is 0.238 e. The first kappa shape index (κ1) is 19.5. The minimum absolute atomic E-state index is 0.0773. The normalized spacial score (nSPS) is 22.1. The predicted octanol–water partition coefficient (Wildman–Crippen LogP) is -0.720. The monoisotopic (exact) mass is 370 g/mol. The Morgan fingerprint density at radius 2 is 1.88 bits per heavy atom. The van der Waals surface area contributed by atoms with Gasteiger partial charge in [-0.1, -0.05) is 0 Å². The quantitative estimate of drug-likeness (QED) is 0.541. The Bertz CT molecular complexity index is 731. The zero-order valence-electron chi connectivity index (χ0n) is 13.9. The third kappa shape index (κ3) is 5.33. The van der Waals surface area contributed by atoms with Gasteiger partial charge < -0.3 is 15.5 Å². The average molecular weight is 370 g/mol. The van der Waals surface area contributed by atoms with Crippen LogP contribution in [0.2, 0.25) is 0 Å². The summed E-state index contributed by atoms with van der Waals surface area (Å²) >= 11 is 0. The molecule has 1 heterocycles. The van der Waals surface area contributed by atoms with Crippen molar-refractivity contribution in [2.45, 2.75) is 19.1 Å². The van der Waals surface area contributed by atoms with Crippen LogP contribution in [0.1, 0.15) is 17.3 Å². The number of nitrogens with one attached hydrogen (secondary N) is 1. The highest BCUT2D eigenvalue weighted by Gasteiger charge is 2.40. The van der Waals surface area contributed by atoms with Gasteiger partial charge in [-0.25, -0.2) is 8.42 Å². The van der Waals surface area contributed by atoms with E-state index in [2.05, 4.69) is 5.32 Å². The largest absolute Gasteiger partial charge is 0.395 e. The van der Waals surface area contributed by atoms with Gasteiger partial charge in [0.1, 0.15) is 0 Å². The van der Waals surface area contributed by atoms with E-state index in [0.29, 0.717) is 11.3 Å². The fraction of sp³-hybridized carbons (Fsp3) is 0.500. The van der Waals surface area contributed by atoms with Gasteiger partial charge in [-0.2, -0.15) is 0 Å². The SMILES string of the molecule is CC(=O)c1ccc(NC(=O)CN(CCO)C2CS(=O)(=O)CC2O)cc1. The molecular weight excluding hydrogens is 348 g/mol. The molecule has 8 nitrogen and oxygen atoms in total. The van der Waals surface area contributed by atoms with Gasteiger partial charge in [-0.3, -0.25) is 14.5 Å². The number of hydrogen-bond donors (Lipinski definition) is 3. The molecule has 0 aromatic heterocycles. The number of sulfone groups is 1. The molecule has 9 heteroatoms. The first-order valence-corrected chi connectivity index (χ1v) is 9.68. The smallest absolute Gasteiger partial charge is 0.238 e. The Kier molecular flexibility index (Phi) is 6.28. The fourth-order valence-corrected chi connectivity index (χ4v) is 4.66. The number of anilines is 1. The van der Waals surface area contributed by atoms with E-state index in [9.17, 15) is 23.1 Å². The van der Waals surface area contributed by atoms with E-state index >= 15 is 0 Å². The van der Waals surface area contributed by atoms with Gasteiger partial charge in [0.2, 0.25) is 5.91 Å². The third-order valence-corrected chi connectivity index (χ3v) is 5.77. The molecule has 1 aromatic rings. The van der Waals surface area contributed by atoms with Crippen LogP contribution in [0.4, 0.5) is 5.69 Å². The van der Waals surface area contributed by atoms with Gasteiger partial charge in [0.15, 0.2) is 15.6 Å². The Labute approximate surface area is 146 Å². The highest BCUT2D eigenvalue weighted by atomic mass is 32.2. The van der Waals surface area contributed by atoms with Gasteiger partial charge in [-0.15, -0.1) is 0 Å². The Morgan fingerprint density at radius 1 is 1.24 bits per heavy atom. The number of benzene rings is 1. The molecule has 25 heavy (non-hydrogen) atoms. The summed E-state index contributed by atoms with van der Waals surface area (Å²) in [5, 5.41) is 21.8. The molecule has 1 saturated heterocycles. The number of nitrogens with zero attached hydrogens (tertiary/aromatic N) is 1. The van der Waals surface area contributed by atoms with Crippen LogP contribution < -0.4 is 5.32 Å². The van der Waals surface area contributed by atoms with E-state index in [0.717, 1.165) is 0 Å². The van der Waals surface area contributed by atoms with Crippen LogP contribution in [-0.4, -0.2) is 78.6 Å². The number of aliphatic hydroxyl groups is 2. The van der Waals surface area contributed by atoms with Crippen LogP contribution in [0, 0.1) is 0 Å². The highest BCUT2D eigenvalue weighted by molar-refractivity contribution is 7.91. The molecule has 0 aliphatic carbocycles. The van der Waals surface area contributed by atoms with Crippen LogP contribution in [-0.2, 0) is 14.6 Å². The number of Topliss-reactive ketones (excluding diaryl/α,β-unsaturated/α-hetero) is 1. The van der Waals surface area contributed by atoms with Crippen molar-refractivity contribution in [3.05, 3.63) is 29.8 Å². The minimum Gasteiger partial charge on any atom is -0.395 e. The molecule has 1 amide bonds. The molecule has 3 N–H and O–H groups in total. The van der Waals surface area contributed by atoms with Crippen LogP contribution >= 0.6 is 0 Å². The summed E-state index contributed by atoms with van der Waals surface area (Å²) in [6.45, 7) is 1.10. The number of carbonyl (C=O) groups is 2. The van der Waals surface area contributed by atoms with Crippen LogP contribution in [0.5, 0.6) is 0 Å². The molecule has 1 aliphatic heterocycles. The Hall–Kier alpha value is -1.81. The molecule has 0 radical (unpaired) electrons. The summed E-state index contributed by atoms with van der Waals surface area (Å²) in [6.07, 6.45) is -1.08.